The minimum Gasteiger partial charge on any atom is -0.465 e. The first kappa shape index (κ1) is 11.8. The summed E-state index contributed by atoms with van der Waals surface area (Å²) in [6.07, 6.45) is 4.75. The Morgan fingerprint density at radius 3 is 2.67 bits per heavy atom. The summed E-state index contributed by atoms with van der Waals surface area (Å²) in [6, 6.07) is 8.08. The van der Waals surface area contributed by atoms with Crippen molar-refractivity contribution in [1.82, 2.24) is 0 Å². The van der Waals surface area contributed by atoms with Gasteiger partial charge in [-0.15, -0.1) is 0 Å². The Morgan fingerprint density at radius 2 is 1.92 bits per heavy atom. The number of allylic oxidation sites excluding steroid dienone is 1. The first-order valence-corrected chi connectivity index (χ1v) is 3.36. The van der Waals surface area contributed by atoms with E-state index in [0.717, 1.165) is 12.2 Å². The van der Waals surface area contributed by atoms with Crippen molar-refractivity contribution in [2.75, 3.05) is 0 Å². The van der Waals surface area contributed by atoms with Crippen molar-refractivity contribution < 1.29 is 38.9 Å². The van der Waals surface area contributed by atoms with Crippen molar-refractivity contribution in [2.45, 2.75) is 6.42 Å². The van der Waals surface area contributed by atoms with Crippen LogP contribution in [0.5, 0.6) is 5.75 Å². The molecule has 0 aliphatic carbocycles. The molecule has 2 rings (SSSR count). The zero-order chi connectivity index (χ0) is 6.81. The molecule has 0 spiro atoms. The van der Waals surface area contributed by atoms with Crippen LogP contribution in [0.4, 0.5) is 0 Å². The fraction of sp³-hybridized carbons (Fsp3) is 0.111. The van der Waals surface area contributed by atoms with E-state index in [1.165, 1.54) is 5.56 Å². The van der Waals surface area contributed by atoms with Crippen molar-refractivity contribution in [2.24, 2.45) is 0 Å². The molecule has 1 aromatic rings. The van der Waals surface area contributed by atoms with Gasteiger partial charge in [0.15, 0.2) is 0 Å². The predicted octanol–water partition coefficient (Wildman–Crippen LogP) is 2.13. The summed E-state index contributed by atoms with van der Waals surface area (Å²) in [7, 11) is 0. The topological polar surface area (TPSA) is 9.23 Å². The zero-order valence-corrected chi connectivity index (χ0v) is 8.64. The van der Waals surface area contributed by atoms with Crippen LogP contribution in [0, 0.1) is 0 Å². The summed E-state index contributed by atoms with van der Waals surface area (Å²) in [5.74, 6) is 0.991. The quantitative estimate of drug-likeness (QED) is 0.678. The molecule has 1 radical (unpaired) electrons. The zero-order valence-electron chi connectivity index (χ0n) is 6.32. The standard InChI is InChI=1S/C9H8O.Co.Cr/c1-2-6-9-8(4-1)5-3-7-10-9;;/h1-4,6-7H,5H2;;. The SMILES string of the molecule is C1=COc2ccccc2C1.[Co].[Cr]. The summed E-state index contributed by atoms with van der Waals surface area (Å²) < 4.78 is 5.24. The molecule has 0 saturated carbocycles. The second-order valence-corrected chi connectivity index (χ2v) is 2.30. The Bertz CT molecular complexity index is 246. The van der Waals surface area contributed by atoms with E-state index in [0.29, 0.717) is 0 Å². The Hall–Kier alpha value is -0.201. The molecule has 0 amide bonds. The smallest absolute Gasteiger partial charge is 0.130 e. The maximum Gasteiger partial charge on any atom is 0.130 e. The van der Waals surface area contributed by atoms with Gasteiger partial charge >= 0.3 is 0 Å². The van der Waals surface area contributed by atoms with Gasteiger partial charge < -0.3 is 4.74 Å². The van der Waals surface area contributed by atoms with E-state index in [9.17, 15) is 0 Å². The molecule has 0 atom stereocenters. The second-order valence-electron chi connectivity index (χ2n) is 2.30. The van der Waals surface area contributed by atoms with Gasteiger partial charge in [-0.2, -0.15) is 0 Å². The molecule has 0 fully saturated rings. The summed E-state index contributed by atoms with van der Waals surface area (Å²) in [6.45, 7) is 0. The van der Waals surface area contributed by atoms with Gasteiger partial charge in [0.1, 0.15) is 5.75 Å². The molecule has 0 aromatic heterocycles. The van der Waals surface area contributed by atoms with E-state index in [1.807, 2.05) is 24.3 Å². The summed E-state index contributed by atoms with van der Waals surface area (Å²) in [4.78, 5) is 0. The molecule has 3 heteroatoms. The Balaban J connectivity index is 0.000000605. The number of para-hydroxylation sites is 1. The summed E-state index contributed by atoms with van der Waals surface area (Å²) in [5.41, 5.74) is 1.27. The average Bonchev–Trinajstić information content (AvgIpc) is 2.05. The molecular formula is C9H8CoCrO. The molecule has 1 heterocycles. The Kier molecular flexibility index (Phi) is 5.35. The first-order valence-electron chi connectivity index (χ1n) is 3.36. The maximum atomic E-state index is 5.24. The van der Waals surface area contributed by atoms with Gasteiger partial charge in [0.2, 0.25) is 0 Å². The third-order valence-electron chi connectivity index (χ3n) is 1.60. The molecule has 65 valence electrons. The van der Waals surface area contributed by atoms with E-state index >= 15 is 0 Å². The van der Waals surface area contributed by atoms with Gasteiger partial charge in [-0.25, -0.2) is 0 Å². The second kappa shape index (κ2) is 5.45. The van der Waals surface area contributed by atoms with Gasteiger partial charge in [-0.3, -0.25) is 0 Å². The minimum atomic E-state index is 0. The van der Waals surface area contributed by atoms with Crippen molar-refractivity contribution in [3.8, 4) is 5.75 Å². The van der Waals surface area contributed by atoms with Crippen LogP contribution in [0.25, 0.3) is 0 Å². The molecule has 0 N–H and O–H groups in total. The van der Waals surface area contributed by atoms with Gasteiger partial charge in [-0.05, 0) is 24.1 Å². The first-order chi connectivity index (χ1) is 4.97. The molecule has 1 aliphatic rings. The van der Waals surface area contributed by atoms with Crippen LogP contribution in [-0.4, -0.2) is 0 Å². The fourth-order valence-electron chi connectivity index (χ4n) is 1.08. The van der Waals surface area contributed by atoms with Crippen LogP contribution in [0.2, 0.25) is 0 Å². The monoisotopic (exact) mass is 243 g/mol. The van der Waals surface area contributed by atoms with Gasteiger partial charge in [0, 0.05) is 34.1 Å². The molecule has 0 saturated heterocycles. The number of benzene rings is 1. The molecule has 12 heavy (non-hydrogen) atoms. The van der Waals surface area contributed by atoms with Crippen LogP contribution < -0.4 is 4.74 Å². The van der Waals surface area contributed by atoms with Crippen LogP contribution in [0.3, 0.4) is 0 Å². The van der Waals surface area contributed by atoms with Crippen molar-refractivity contribution in [3.63, 3.8) is 0 Å². The van der Waals surface area contributed by atoms with Gasteiger partial charge in [-0.1, -0.05) is 18.2 Å². The minimum absolute atomic E-state index is 0. The normalized spacial score (nSPS) is 11.7. The Labute approximate surface area is 93.1 Å². The van der Waals surface area contributed by atoms with Crippen LogP contribution in [-0.2, 0) is 40.6 Å². The van der Waals surface area contributed by atoms with Crippen molar-refractivity contribution in [3.05, 3.63) is 42.2 Å². The third-order valence-corrected chi connectivity index (χ3v) is 1.60. The Morgan fingerprint density at radius 1 is 1.17 bits per heavy atom. The molecular weight excluding hydrogens is 235 g/mol. The van der Waals surface area contributed by atoms with E-state index in [1.54, 1.807) is 6.26 Å². The molecule has 1 aromatic carbocycles. The average molecular weight is 243 g/mol. The molecule has 1 aliphatic heterocycles. The summed E-state index contributed by atoms with van der Waals surface area (Å²) >= 11 is 0. The number of fused-ring (bicyclic) bond motifs is 1. The number of ether oxygens (including phenoxy) is 1. The molecule has 0 unspecified atom stereocenters. The van der Waals surface area contributed by atoms with E-state index in [4.69, 9.17) is 4.74 Å². The van der Waals surface area contributed by atoms with Crippen LogP contribution in [0.1, 0.15) is 5.56 Å². The van der Waals surface area contributed by atoms with E-state index < -0.39 is 0 Å². The van der Waals surface area contributed by atoms with Crippen LogP contribution >= 0.6 is 0 Å². The summed E-state index contributed by atoms with van der Waals surface area (Å²) in [5, 5.41) is 0. The van der Waals surface area contributed by atoms with Crippen molar-refractivity contribution >= 4 is 0 Å². The fourth-order valence-corrected chi connectivity index (χ4v) is 1.08. The number of hydrogen-bond acceptors (Lipinski definition) is 1. The third kappa shape index (κ3) is 2.39. The number of hydrogen-bond donors (Lipinski definition) is 0. The van der Waals surface area contributed by atoms with E-state index in [-0.39, 0.29) is 34.1 Å². The van der Waals surface area contributed by atoms with Crippen molar-refractivity contribution in [1.29, 1.82) is 0 Å². The maximum absolute atomic E-state index is 5.24. The molecule has 0 bridgehead atoms. The van der Waals surface area contributed by atoms with Gasteiger partial charge in [0.25, 0.3) is 0 Å². The van der Waals surface area contributed by atoms with E-state index in [2.05, 4.69) is 6.07 Å². The largest absolute Gasteiger partial charge is 0.465 e. The number of rotatable bonds is 0. The van der Waals surface area contributed by atoms with Gasteiger partial charge in [0.05, 0.1) is 6.26 Å². The molecule has 1 nitrogen and oxygen atoms in total. The van der Waals surface area contributed by atoms with Crippen LogP contribution in [0.15, 0.2) is 36.6 Å². The predicted molar refractivity (Wildman–Crippen MR) is 39.9 cm³/mol.